The van der Waals surface area contributed by atoms with E-state index in [1.165, 1.54) is 0 Å². The second kappa shape index (κ2) is 8.60. The van der Waals surface area contributed by atoms with E-state index in [0.717, 1.165) is 24.3 Å². The Hall–Kier alpha value is -1.79. The first-order chi connectivity index (χ1) is 10.0. The van der Waals surface area contributed by atoms with Crippen LogP contribution in [0, 0.1) is 5.92 Å². The molecule has 0 spiro atoms. The number of nitrogens with one attached hydrogen (secondary N) is 4. The molecule has 0 saturated carbocycles. The van der Waals surface area contributed by atoms with Gasteiger partial charge in [0.05, 0.1) is 5.92 Å². The quantitative estimate of drug-likeness (QED) is 0.661. The predicted octanol–water partition coefficient (Wildman–Crippen LogP) is 1.47. The van der Waals surface area contributed by atoms with Crippen LogP contribution in [-0.4, -0.2) is 31.1 Å². The van der Waals surface area contributed by atoms with Gasteiger partial charge in [0.1, 0.15) is 0 Å². The molecule has 22 heavy (non-hydrogen) atoms. The maximum Gasteiger partial charge on any atom is 0.319 e. The highest BCUT2D eigenvalue weighted by Crippen LogP contribution is 2.10. The summed E-state index contributed by atoms with van der Waals surface area (Å²) in [7, 11) is 0. The average molecular weight is 327 g/mol. The monoisotopic (exact) mass is 326 g/mol. The molecular formula is C15H23ClN4O2. The third-order valence-corrected chi connectivity index (χ3v) is 3.25. The zero-order valence-corrected chi connectivity index (χ0v) is 13.6. The summed E-state index contributed by atoms with van der Waals surface area (Å²) in [5, 5.41) is 11.5. The molecule has 1 saturated heterocycles. The van der Waals surface area contributed by atoms with Crippen LogP contribution in [0.5, 0.6) is 0 Å². The van der Waals surface area contributed by atoms with Crippen molar-refractivity contribution in [2.75, 3.05) is 18.4 Å². The first-order valence-corrected chi connectivity index (χ1v) is 7.19. The van der Waals surface area contributed by atoms with Gasteiger partial charge < -0.3 is 21.3 Å². The zero-order chi connectivity index (χ0) is 15.2. The van der Waals surface area contributed by atoms with Crippen LogP contribution >= 0.6 is 12.4 Å². The minimum absolute atomic E-state index is 0. The van der Waals surface area contributed by atoms with Gasteiger partial charge in [-0.05, 0) is 31.5 Å². The Kier molecular flexibility index (Phi) is 7.14. The minimum Gasteiger partial charge on any atom is -0.352 e. The zero-order valence-electron chi connectivity index (χ0n) is 12.8. The topological polar surface area (TPSA) is 82.3 Å². The number of anilines is 1. The molecule has 0 aliphatic carbocycles. The smallest absolute Gasteiger partial charge is 0.319 e. The van der Waals surface area contributed by atoms with Crippen molar-refractivity contribution in [3.05, 3.63) is 29.8 Å². The predicted molar refractivity (Wildman–Crippen MR) is 89.2 cm³/mol. The molecule has 0 bridgehead atoms. The number of halogens is 1. The van der Waals surface area contributed by atoms with Crippen molar-refractivity contribution in [1.82, 2.24) is 16.0 Å². The molecule has 122 valence electrons. The van der Waals surface area contributed by atoms with Gasteiger partial charge in [-0.15, -0.1) is 12.4 Å². The van der Waals surface area contributed by atoms with Crippen molar-refractivity contribution in [3.63, 3.8) is 0 Å². The van der Waals surface area contributed by atoms with Gasteiger partial charge in [0.15, 0.2) is 0 Å². The molecule has 0 radical (unpaired) electrons. The Morgan fingerprint density at radius 2 is 1.86 bits per heavy atom. The third-order valence-electron chi connectivity index (χ3n) is 3.25. The Bertz CT molecular complexity index is 501. The second-order valence-electron chi connectivity index (χ2n) is 5.52. The number of hydrogen-bond acceptors (Lipinski definition) is 3. The summed E-state index contributed by atoms with van der Waals surface area (Å²) in [6.07, 6.45) is 0. The fraction of sp³-hybridized carbons (Fsp3) is 0.467. The summed E-state index contributed by atoms with van der Waals surface area (Å²) in [5.41, 5.74) is 1.73. The van der Waals surface area contributed by atoms with Gasteiger partial charge in [0.25, 0.3) is 0 Å². The SMILES string of the molecule is CC(C)NC(=O)Nc1ccc(CNC(=O)C2CNC2)cc1.Cl. The molecule has 1 heterocycles. The largest absolute Gasteiger partial charge is 0.352 e. The molecule has 0 aromatic heterocycles. The van der Waals surface area contributed by atoms with E-state index < -0.39 is 0 Å². The highest BCUT2D eigenvalue weighted by atomic mass is 35.5. The maximum absolute atomic E-state index is 11.7. The number of urea groups is 1. The second-order valence-corrected chi connectivity index (χ2v) is 5.52. The van der Waals surface area contributed by atoms with Gasteiger partial charge in [0, 0.05) is 31.4 Å². The number of amides is 3. The molecule has 6 nitrogen and oxygen atoms in total. The highest BCUT2D eigenvalue weighted by Gasteiger charge is 2.24. The summed E-state index contributed by atoms with van der Waals surface area (Å²) in [4.78, 5) is 23.2. The van der Waals surface area contributed by atoms with Gasteiger partial charge >= 0.3 is 6.03 Å². The molecule has 0 atom stereocenters. The molecule has 1 aliphatic heterocycles. The van der Waals surface area contributed by atoms with Crippen molar-refractivity contribution in [2.45, 2.75) is 26.4 Å². The van der Waals surface area contributed by atoms with Crippen molar-refractivity contribution in [2.24, 2.45) is 5.92 Å². The van der Waals surface area contributed by atoms with E-state index in [-0.39, 0.29) is 36.3 Å². The molecule has 7 heteroatoms. The molecule has 4 N–H and O–H groups in total. The molecule has 3 amide bonds. The lowest BCUT2D eigenvalue weighted by Crippen LogP contribution is -2.50. The van der Waals surface area contributed by atoms with Gasteiger partial charge in [-0.25, -0.2) is 4.79 Å². The number of benzene rings is 1. The van der Waals surface area contributed by atoms with Crippen LogP contribution in [0.3, 0.4) is 0 Å². The van der Waals surface area contributed by atoms with E-state index in [9.17, 15) is 9.59 Å². The fourth-order valence-corrected chi connectivity index (χ4v) is 1.94. The first kappa shape index (κ1) is 18.3. The van der Waals surface area contributed by atoms with E-state index in [1.807, 2.05) is 38.1 Å². The Morgan fingerprint density at radius 3 is 2.36 bits per heavy atom. The molecule has 2 rings (SSSR count). The summed E-state index contributed by atoms with van der Waals surface area (Å²) in [6, 6.07) is 7.32. The number of carbonyl (C=O) groups excluding carboxylic acids is 2. The molecule has 1 fully saturated rings. The van der Waals surface area contributed by atoms with E-state index >= 15 is 0 Å². The van der Waals surface area contributed by atoms with Gasteiger partial charge in [-0.3, -0.25) is 4.79 Å². The Labute approximate surface area is 136 Å². The lowest BCUT2D eigenvalue weighted by Gasteiger charge is -2.25. The van der Waals surface area contributed by atoms with Crippen LogP contribution in [0.25, 0.3) is 0 Å². The minimum atomic E-state index is -0.219. The van der Waals surface area contributed by atoms with Gasteiger partial charge in [-0.2, -0.15) is 0 Å². The van der Waals surface area contributed by atoms with Crippen LogP contribution in [0.2, 0.25) is 0 Å². The van der Waals surface area contributed by atoms with Gasteiger partial charge in [0.2, 0.25) is 5.91 Å². The normalized spacial score (nSPS) is 13.8. The van der Waals surface area contributed by atoms with E-state index in [1.54, 1.807) is 0 Å². The van der Waals surface area contributed by atoms with Crippen molar-refractivity contribution in [1.29, 1.82) is 0 Å². The number of hydrogen-bond donors (Lipinski definition) is 4. The van der Waals surface area contributed by atoms with Gasteiger partial charge in [-0.1, -0.05) is 12.1 Å². The van der Waals surface area contributed by atoms with Crippen LogP contribution in [0.4, 0.5) is 10.5 Å². The lowest BCUT2D eigenvalue weighted by atomic mass is 10.0. The average Bonchev–Trinajstić information content (AvgIpc) is 2.35. The summed E-state index contributed by atoms with van der Waals surface area (Å²) in [6.45, 7) is 5.85. The van der Waals surface area contributed by atoms with Crippen LogP contribution < -0.4 is 21.3 Å². The fourth-order valence-electron chi connectivity index (χ4n) is 1.94. The molecule has 1 aromatic carbocycles. The number of rotatable bonds is 5. The highest BCUT2D eigenvalue weighted by molar-refractivity contribution is 5.89. The van der Waals surface area contributed by atoms with E-state index in [4.69, 9.17) is 0 Å². The Balaban J connectivity index is 0.00000242. The molecule has 0 unspecified atom stereocenters. The lowest BCUT2D eigenvalue weighted by molar-refractivity contribution is -0.126. The first-order valence-electron chi connectivity index (χ1n) is 7.19. The van der Waals surface area contributed by atoms with Crippen LogP contribution in [0.1, 0.15) is 19.4 Å². The molecular weight excluding hydrogens is 304 g/mol. The number of carbonyl (C=O) groups is 2. The van der Waals surface area contributed by atoms with E-state index in [2.05, 4.69) is 21.3 Å². The summed E-state index contributed by atoms with van der Waals surface area (Å²) in [5.74, 6) is 0.193. The third kappa shape index (κ3) is 5.54. The van der Waals surface area contributed by atoms with Crippen LogP contribution in [-0.2, 0) is 11.3 Å². The van der Waals surface area contributed by atoms with E-state index in [0.29, 0.717) is 6.54 Å². The molecule has 1 aliphatic rings. The van der Waals surface area contributed by atoms with Crippen molar-refractivity contribution < 1.29 is 9.59 Å². The standard InChI is InChI=1S/C15H22N4O2.ClH/c1-10(2)18-15(21)19-13-5-3-11(4-6-13)7-17-14(20)12-8-16-9-12;/h3-6,10,12,16H,7-9H2,1-2H3,(H,17,20)(H2,18,19,21);1H. The van der Waals surface area contributed by atoms with Crippen LogP contribution in [0.15, 0.2) is 24.3 Å². The summed E-state index contributed by atoms with van der Waals surface area (Å²) >= 11 is 0. The van der Waals surface area contributed by atoms with Crippen molar-refractivity contribution in [3.8, 4) is 0 Å². The van der Waals surface area contributed by atoms with Crippen molar-refractivity contribution >= 4 is 30.0 Å². The Morgan fingerprint density at radius 1 is 1.23 bits per heavy atom. The summed E-state index contributed by atoms with van der Waals surface area (Å²) < 4.78 is 0. The maximum atomic E-state index is 11.7. The molecule has 1 aromatic rings.